The van der Waals surface area contributed by atoms with Gasteiger partial charge in [-0.25, -0.2) is 9.97 Å². The number of ether oxygens (including phenoxy) is 1. The number of aliphatic hydroxyl groups excluding tert-OH is 1. The third-order valence-electron chi connectivity index (χ3n) is 10.6. The number of hydrogen-bond acceptors (Lipinski definition) is 12. The largest absolute Gasteiger partial charge is 0.616 e. The Kier molecular flexibility index (Phi) is 10.7. The summed E-state index contributed by atoms with van der Waals surface area (Å²) in [4.78, 5) is 12.0. The van der Waals surface area contributed by atoms with Gasteiger partial charge in [0, 0.05) is 71.2 Å². The predicted octanol–water partition coefficient (Wildman–Crippen LogP) is 4.63. The van der Waals surface area contributed by atoms with Gasteiger partial charge in [0.2, 0.25) is 12.4 Å². The second-order valence-corrected chi connectivity index (χ2v) is 15.3. The molecule has 55 heavy (non-hydrogen) atoms. The zero-order valence-electron chi connectivity index (χ0n) is 30.7. The minimum Gasteiger partial charge on any atom is -0.616 e. The van der Waals surface area contributed by atoms with Crippen LogP contribution in [0.2, 0.25) is 0 Å². The lowest BCUT2D eigenvalue weighted by atomic mass is 9.85. The van der Waals surface area contributed by atoms with Crippen molar-refractivity contribution in [1.82, 2.24) is 29.2 Å². The number of piperidine rings is 1. The van der Waals surface area contributed by atoms with Crippen molar-refractivity contribution in [2.75, 3.05) is 40.6 Å². The normalized spacial score (nSPS) is 18.8. The number of hydrogen-bond donors (Lipinski definition) is 5. The number of anilines is 4. The van der Waals surface area contributed by atoms with Crippen LogP contribution >= 0.6 is 15.9 Å². The highest BCUT2D eigenvalue weighted by molar-refractivity contribution is 9.10. The second kappa shape index (κ2) is 16.1. The number of halogens is 1. The fourth-order valence-electron chi connectivity index (χ4n) is 7.67. The predicted molar refractivity (Wildman–Crippen MR) is 209 cm³/mol. The van der Waals surface area contributed by atoms with Crippen molar-refractivity contribution in [1.29, 1.82) is 0 Å². The Hall–Kier alpha value is -5.42. The maximum atomic E-state index is 13.2. The van der Waals surface area contributed by atoms with Crippen LogP contribution in [0.3, 0.4) is 0 Å². The van der Waals surface area contributed by atoms with E-state index in [1.54, 1.807) is 52.1 Å². The van der Waals surface area contributed by atoms with E-state index in [0.717, 1.165) is 105 Å². The molecule has 1 saturated heterocycles. The second-order valence-electron chi connectivity index (χ2n) is 14.4. The van der Waals surface area contributed by atoms with Gasteiger partial charge in [0.1, 0.15) is 23.3 Å². The van der Waals surface area contributed by atoms with E-state index in [9.17, 15) is 15.5 Å². The summed E-state index contributed by atoms with van der Waals surface area (Å²) < 4.78 is 12.3. The number of pyridine rings is 2. The van der Waals surface area contributed by atoms with Gasteiger partial charge in [0.05, 0.1) is 42.2 Å². The molecule has 7 heterocycles. The van der Waals surface area contributed by atoms with E-state index in [1.807, 2.05) is 31.2 Å². The molecule has 0 radical (unpaired) electrons. The lowest BCUT2D eigenvalue weighted by Gasteiger charge is -2.35. The van der Waals surface area contributed by atoms with E-state index in [-0.39, 0.29) is 30.5 Å². The number of rotatable bonds is 13. The third-order valence-corrected chi connectivity index (χ3v) is 11.2. The molecule has 1 aliphatic heterocycles. The van der Waals surface area contributed by atoms with Gasteiger partial charge >= 0.3 is 5.88 Å². The van der Waals surface area contributed by atoms with Crippen LogP contribution in [0.25, 0.3) is 11.3 Å². The third kappa shape index (κ3) is 8.03. The van der Waals surface area contributed by atoms with Crippen molar-refractivity contribution in [2.45, 2.75) is 77.0 Å². The molecule has 6 aromatic rings. The lowest BCUT2D eigenvalue weighted by Crippen LogP contribution is -2.42. The molecular weight excluding hydrogens is 768 g/mol. The summed E-state index contributed by atoms with van der Waals surface area (Å²) >= 11 is 3.59. The summed E-state index contributed by atoms with van der Waals surface area (Å²) in [6, 6.07) is 11.4. The van der Waals surface area contributed by atoms with Gasteiger partial charge in [0.25, 0.3) is 0 Å². The minimum atomic E-state index is 0.0367. The molecule has 3 atom stereocenters. The topological polar surface area (TPSA) is 180 Å². The Morgan fingerprint density at radius 1 is 0.927 bits per heavy atom. The molecule has 0 spiro atoms. The van der Waals surface area contributed by atoms with Crippen LogP contribution in [0.5, 0.6) is 5.88 Å². The van der Waals surface area contributed by atoms with Crippen molar-refractivity contribution in [3.63, 3.8) is 0 Å². The van der Waals surface area contributed by atoms with Crippen molar-refractivity contribution >= 4 is 50.5 Å². The summed E-state index contributed by atoms with van der Waals surface area (Å²) in [6.45, 7) is 4.17. The summed E-state index contributed by atoms with van der Waals surface area (Å²) in [5.41, 5.74) is 4.09. The molecule has 1 saturated carbocycles. The number of fused-ring (bicyclic) bond motifs is 2. The first-order valence-electron chi connectivity index (χ1n) is 18.9. The molecular formula is C38H46BrN12O4+. The first kappa shape index (κ1) is 36.6. The van der Waals surface area contributed by atoms with Crippen LogP contribution in [0.1, 0.15) is 61.6 Å². The summed E-state index contributed by atoms with van der Waals surface area (Å²) in [5.74, 6) is 3.45. The smallest absolute Gasteiger partial charge is 0.379 e. The monoisotopic (exact) mass is 813 g/mol. The maximum Gasteiger partial charge on any atom is 0.379 e. The van der Waals surface area contributed by atoms with Crippen LogP contribution in [0.15, 0.2) is 71.9 Å². The van der Waals surface area contributed by atoms with Gasteiger partial charge in [-0.3, -0.25) is 5.21 Å². The van der Waals surface area contributed by atoms with Crippen LogP contribution in [-0.4, -0.2) is 71.4 Å². The van der Waals surface area contributed by atoms with Crippen molar-refractivity contribution in [2.24, 2.45) is 5.92 Å². The molecule has 2 fully saturated rings. The van der Waals surface area contributed by atoms with Crippen molar-refractivity contribution in [3.05, 3.63) is 93.8 Å². The van der Waals surface area contributed by atoms with Gasteiger partial charge in [-0.15, -0.1) is 4.73 Å². The van der Waals surface area contributed by atoms with E-state index in [1.165, 1.54) is 0 Å². The van der Waals surface area contributed by atoms with E-state index < -0.39 is 0 Å². The molecule has 5 N–H and O–H groups in total. The fraction of sp³-hybridized carbons (Fsp3) is 0.421. The molecule has 0 bridgehead atoms. The van der Waals surface area contributed by atoms with Gasteiger partial charge in [0.15, 0.2) is 17.5 Å². The Labute approximate surface area is 326 Å². The standard InChI is InChI=1S/C38H46BrN12O4/c1-25-17-42-50-34(16-35(46-37(25)50)48-14-5-4-9-29(48)23-52)41-19-27-11-12-36(49(54)22-27)55-24-28-8-2-3-10-31(28)44-32-15-33(51-38(45-32)30(39)20-43-51)40-18-26-7-6-13-47(53)21-26/h6-7,11-13,15-17,20-22,28-29,31,40-41,52-53H,2-5,8-10,14,18-19,23-24H2,1H3,(H,44,45)/q+1/t28-,29?,31-/m1/s1. The van der Waals surface area contributed by atoms with Gasteiger partial charge in [-0.05, 0) is 67.1 Å². The molecule has 0 aromatic carbocycles. The molecule has 2 aliphatic rings. The number of nitrogens with one attached hydrogen (secondary N) is 3. The molecule has 6 aromatic heterocycles. The summed E-state index contributed by atoms with van der Waals surface area (Å²) in [6.07, 6.45) is 15.4. The number of nitrogens with zero attached hydrogens (tertiary/aromatic N) is 9. The Balaban J connectivity index is 0.926. The first-order chi connectivity index (χ1) is 26.8. The van der Waals surface area contributed by atoms with Crippen LogP contribution in [0.4, 0.5) is 23.3 Å². The highest BCUT2D eigenvalue weighted by Crippen LogP contribution is 2.31. The average molecular weight is 815 g/mol. The Morgan fingerprint density at radius 2 is 1.69 bits per heavy atom. The molecule has 8 rings (SSSR count). The number of aryl methyl sites for hydroxylation is 1. The fourth-order valence-corrected chi connectivity index (χ4v) is 8.01. The first-order valence-corrected chi connectivity index (χ1v) is 19.7. The zero-order valence-corrected chi connectivity index (χ0v) is 32.3. The lowest BCUT2D eigenvalue weighted by molar-refractivity contribution is -0.905. The van der Waals surface area contributed by atoms with Gasteiger partial charge in [-0.1, -0.05) is 12.8 Å². The minimum absolute atomic E-state index is 0.0367. The molecule has 16 nitrogen and oxygen atoms in total. The molecule has 17 heteroatoms. The summed E-state index contributed by atoms with van der Waals surface area (Å²) in [5, 5.41) is 52.7. The van der Waals surface area contributed by atoms with Crippen LogP contribution in [-0.2, 0) is 13.1 Å². The zero-order chi connectivity index (χ0) is 37.9. The SMILES string of the molecule is Cc1cnn2c(NCc3ccc(OC[C@H]4CCCC[C@H]4Nc4cc(NCc5ccc[n+](O)c5)n5ncc(Br)c5n4)[n+]([O-])c3)cc(N3CCCCC3CO)nc12. The highest BCUT2D eigenvalue weighted by Gasteiger charge is 2.28. The van der Waals surface area contributed by atoms with E-state index in [2.05, 4.69) is 47.0 Å². The molecule has 1 aliphatic carbocycles. The Bertz CT molecular complexity index is 2280. The quantitative estimate of drug-likeness (QED) is 0.0622. The average Bonchev–Trinajstić information content (AvgIpc) is 3.77. The molecule has 0 amide bonds. The van der Waals surface area contributed by atoms with Crippen LogP contribution < -0.4 is 35.0 Å². The number of aliphatic hydroxyl groups is 1. The van der Waals surface area contributed by atoms with E-state index >= 15 is 0 Å². The van der Waals surface area contributed by atoms with Gasteiger partial charge < -0.3 is 35.9 Å². The van der Waals surface area contributed by atoms with Gasteiger partial charge in [-0.2, -0.15) is 19.2 Å². The highest BCUT2D eigenvalue weighted by atomic mass is 79.9. The van der Waals surface area contributed by atoms with Crippen molar-refractivity contribution < 1.29 is 24.5 Å². The molecule has 1 unspecified atom stereocenters. The summed E-state index contributed by atoms with van der Waals surface area (Å²) in [7, 11) is 0. The maximum absolute atomic E-state index is 13.2. The van der Waals surface area contributed by atoms with Crippen LogP contribution in [0, 0.1) is 18.0 Å². The molecule has 288 valence electrons. The number of aromatic nitrogens is 8. The van der Waals surface area contributed by atoms with E-state index in [0.29, 0.717) is 31.2 Å². The van der Waals surface area contributed by atoms with E-state index in [4.69, 9.17) is 14.7 Å². The Morgan fingerprint density at radius 3 is 2.51 bits per heavy atom. The van der Waals surface area contributed by atoms with Crippen molar-refractivity contribution in [3.8, 4) is 5.88 Å².